The van der Waals surface area contributed by atoms with Crippen molar-refractivity contribution < 1.29 is 8.81 Å². The summed E-state index contributed by atoms with van der Waals surface area (Å²) in [4.78, 5) is 5.40. The highest BCUT2D eigenvalue weighted by molar-refractivity contribution is 9.10. The number of hydrogen-bond donors (Lipinski definition) is 1. The van der Waals surface area contributed by atoms with Crippen LogP contribution in [0, 0.1) is 5.82 Å². The second-order valence-electron chi connectivity index (χ2n) is 4.78. The van der Waals surface area contributed by atoms with Crippen molar-refractivity contribution in [1.82, 2.24) is 10.3 Å². The molecule has 0 saturated heterocycles. The van der Waals surface area contributed by atoms with Gasteiger partial charge in [-0.15, -0.1) is 11.3 Å². The van der Waals surface area contributed by atoms with Gasteiger partial charge in [-0.1, -0.05) is 12.1 Å². The lowest BCUT2D eigenvalue weighted by molar-refractivity contribution is 0.557. The van der Waals surface area contributed by atoms with Gasteiger partial charge in [0.15, 0.2) is 4.67 Å². The first kappa shape index (κ1) is 15.4. The third-order valence-corrected chi connectivity index (χ3v) is 4.59. The van der Waals surface area contributed by atoms with E-state index >= 15 is 0 Å². The van der Waals surface area contributed by atoms with Crippen molar-refractivity contribution in [2.24, 2.45) is 0 Å². The Bertz CT molecular complexity index is 739. The lowest BCUT2D eigenvalue weighted by Crippen LogP contribution is -2.16. The van der Waals surface area contributed by atoms with Crippen LogP contribution in [-0.2, 0) is 13.0 Å². The maximum absolute atomic E-state index is 12.8. The molecule has 0 atom stereocenters. The van der Waals surface area contributed by atoms with Gasteiger partial charge in [0.05, 0.1) is 4.88 Å². The first-order chi connectivity index (χ1) is 10.7. The fraction of sp³-hybridized carbons (Fsp3) is 0.188. The van der Waals surface area contributed by atoms with Crippen molar-refractivity contribution >= 4 is 27.3 Å². The second kappa shape index (κ2) is 7.17. The van der Waals surface area contributed by atoms with Crippen molar-refractivity contribution in [2.75, 3.05) is 6.54 Å². The van der Waals surface area contributed by atoms with Gasteiger partial charge in [-0.3, -0.25) is 0 Å². The molecule has 0 saturated carbocycles. The molecule has 1 N–H and O–H groups in total. The summed E-state index contributed by atoms with van der Waals surface area (Å²) in [6.45, 7) is 1.54. The predicted molar refractivity (Wildman–Crippen MR) is 89.3 cm³/mol. The average Bonchev–Trinajstić information content (AvgIpc) is 3.14. The molecule has 2 aromatic heterocycles. The SMILES string of the molecule is Fc1ccc(CCNCc2ncc(-c3ccc(Br)o3)s2)cc1. The highest BCUT2D eigenvalue weighted by Crippen LogP contribution is 2.29. The van der Waals surface area contributed by atoms with Gasteiger partial charge < -0.3 is 9.73 Å². The summed E-state index contributed by atoms with van der Waals surface area (Å²) in [5.74, 6) is 0.624. The molecule has 0 spiro atoms. The number of aromatic nitrogens is 1. The predicted octanol–water partition coefficient (Wildman–Crippen LogP) is 4.64. The molecular formula is C16H14BrFN2OS. The third-order valence-electron chi connectivity index (χ3n) is 3.15. The molecule has 0 amide bonds. The fourth-order valence-electron chi connectivity index (χ4n) is 2.03. The Hall–Kier alpha value is -1.50. The lowest BCUT2D eigenvalue weighted by Gasteiger charge is -2.03. The topological polar surface area (TPSA) is 38.1 Å². The Morgan fingerprint density at radius 3 is 2.73 bits per heavy atom. The quantitative estimate of drug-likeness (QED) is 0.633. The van der Waals surface area contributed by atoms with Crippen LogP contribution in [0.2, 0.25) is 0 Å². The molecule has 22 heavy (non-hydrogen) atoms. The van der Waals surface area contributed by atoms with Gasteiger partial charge in [0, 0.05) is 12.7 Å². The minimum atomic E-state index is -0.198. The largest absolute Gasteiger partial charge is 0.448 e. The van der Waals surface area contributed by atoms with E-state index in [4.69, 9.17) is 4.42 Å². The zero-order valence-electron chi connectivity index (χ0n) is 11.7. The fourth-order valence-corrected chi connectivity index (χ4v) is 3.19. The van der Waals surface area contributed by atoms with Crippen molar-refractivity contribution in [1.29, 1.82) is 0 Å². The molecule has 6 heteroatoms. The van der Waals surface area contributed by atoms with Crippen molar-refractivity contribution in [2.45, 2.75) is 13.0 Å². The number of nitrogens with one attached hydrogen (secondary N) is 1. The molecule has 3 nitrogen and oxygen atoms in total. The van der Waals surface area contributed by atoms with Crippen LogP contribution >= 0.6 is 27.3 Å². The molecule has 3 rings (SSSR count). The van der Waals surface area contributed by atoms with E-state index in [-0.39, 0.29) is 5.82 Å². The van der Waals surface area contributed by atoms with E-state index in [2.05, 4.69) is 26.2 Å². The van der Waals surface area contributed by atoms with Crippen LogP contribution in [0.5, 0.6) is 0 Å². The number of rotatable bonds is 6. The third kappa shape index (κ3) is 4.03. The summed E-state index contributed by atoms with van der Waals surface area (Å²) in [6, 6.07) is 10.4. The van der Waals surface area contributed by atoms with E-state index < -0.39 is 0 Å². The first-order valence-corrected chi connectivity index (χ1v) is 8.47. The van der Waals surface area contributed by atoms with Crippen molar-refractivity contribution in [3.05, 3.63) is 63.7 Å². The molecule has 3 aromatic rings. The number of furan rings is 1. The van der Waals surface area contributed by atoms with E-state index in [0.717, 1.165) is 38.8 Å². The highest BCUT2D eigenvalue weighted by Gasteiger charge is 2.08. The van der Waals surface area contributed by atoms with Crippen LogP contribution in [0.15, 0.2) is 51.7 Å². The summed E-state index contributed by atoms with van der Waals surface area (Å²) >= 11 is 4.91. The molecule has 0 fully saturated rings. The summed E-state index contributed by atoms with van der Waals surface area (Å²) < 4.78 is 19.0. The molecule has 2 heterocycles. The van der Waals surface area contributed by atoms with E-state index in [9.17, 15) is 4.39 Å². The zero-order valence-corrected chi connectivity index (χ0v) is 14.1. The molecule has 0 aliphatic carbocycles. The molecule has 1 aromatic carbocycles. The Balaban J connectivity index is 1.48. The molecule has 0 radical (unpaired) electrons. The van der Waals surface area contributed by atoms with Crippen LogP contribution in [0.1, 0.15) is 10.6 Å². The minimum absolute atomic E-state index is 0.198. The number of hydrogen-bond acceptors (Lipinski definition) is 4. The number of nitrogens with zero attached hydrogens (tertiary/aromatic N) is 1. The van der Waals surface area contributed by atoms with Gasteiger partial charge in [-0.25, -0.2) is 9.37 Å². The van der Waals surface area contributed by atoms with Crippen molar-refractivity contribution in [3.8, 4) is 10.6 Å². The van der Waals surface area contributed by atoms with Crippen LogP contribution in [-0.4, -0.2) is 11.5 Å². The maximum Gasteiger partial charge on any atom is 0.169 e. The smallest absolute Gasteiger partial charge is 0.169 e. The molecule has 0 aliphatic heterocycles. The standard InChI is InChI=1S/C16H14BrFN2OS/c17-15-6-5-13(21-15)14-9-20-16(22-14)10-19-8-7-11-1-3-12(18)4-2-11/h1-6,9,19H,7-8,10H2. The van der Waals surface area contributed by atoms with E-state index in [1.807, 2.05) is 30.5 Å². The van der Waals surface area contributed by atoms with E-state index in [1.54, 1.807) is 11.3 Å². The van der Waals surface area contributed by atoms with Gasteiger partial charge in [0.2, 0.25) is 0 Å². The molecule has 114 valence electrons. The van der Waals surface area contributed by atoms with Crippen molar-refractivity contribution in [3.63, 3.8) is 0 Å². The molecule has 0 aliphatic rings. The maximum atomic E-state index is 12.8. The van der Waals surface area contributed by atoms with Crippen LogP contribution < -0.4 is 5.32 Å². The summed E-state index contributed by atoms with van der Waals surface area (Å²) in [5.41, 5.74) is 1.12. The normalized spacial score (nSPS) is 11.0. The Labute approximate surface area is 140 Å². The summed E-state index contributed by atoms with van der Waals surface area (Å²) in [6.07, 6.45) is 2.69. The number of benzene rings is 1. The number of halogens is 2. The number of thiazole rings is 1. The van der Waals surface area contributed by atoms with Crippen LogP contribution in [0.4, 0.5) is 4.39 Å². The zero-order chi connectivity index (χ0) is 15.4. The van der Waals surface area contributed by atoms with Gasteiger partial charge >= 0.3 is 0 Å². The second-order valence-corrected chi connectivity index (χ2v) is 6.67. The van der Waals surface area contributed by atoms with Gasteiger partial charge in [-0.2, -0.15) is 0 Å². The summed E-state index contributed by atoms with van der Waals surface area (Å²) in [5, 5.41) is 4.36. The minimum Gasteiger partial charge on any atom is -0.448 e. The van der Waals surface area contributed by atoms with E-state index in [0.29, 0.717) is 6.54 Å². The van der Waals surface area contributed by atoms with Crippen LogP contribution in [0.25, 0.3) is 10.6 Å². The monoisotopic (exact) mass is 380 g/mol. The lowest BCUT2D eigenvalue weighted by atomic mass is 10.1. The average molecular weight is 381 g/mol. The van der Waals surface area contributed by atoms with E-state index in [1.165, 1.54) is 12.1 Å². The Morgan fingerprint density at radius 1 is 1.18 bits per heavy atom. The molecule has 0 unspecified atom stereocenters. The van der Waals surface area contributed by atoms with Gasteiger partial charge in [-0.05, 0) is 58.7 Å². The Kier molecular flexibility index (Phi) is 5.02. The summed E-state index contributed by atoms with van der Waals surface area (Å²) in [7, 11) is 0. The van der Waals surface area contributed by atoms with Crippen LogP contribution in [0.3, 0.4) is 0 Å². The molecule has 0 bridgehead atoms. The Morgan fingerprint density at radius 2 is 2.00 bits per heavy atom. The van der Waals surface area contributed by atoms with Gasteiger partial charge in [0.1, 0.15) is 16.6 Å². The van der Waals surface area contributed by atoms with Gasteiger partial charge in [0.25, 0.3) is 0 Å². The molecular weight excluding hydrogens is 367 g/mol. The first-order valence-electron chi connectivity index (χ1n) is 6.86. The highest BCUT2D eigenvalue weighted by atomic mass is 79.9.